The Balaban J connectivity index is 1.97. The molecule has 2 N–H and O–H groups in total. The van der Waals surface area contributed by atoms with E-state index in [2.05, 4.69) is 5.32 Å². The van der Waals surface area contributed by atoms with E-state index in [1.165, 1.54) is 17.0 Å². The highest BCUT2D eigenvalue weighted by Crippen LogP contribution is 2.20. The average molecular weight is 263 g/mol. The maximum Gasteiger partial charge on any atom is 0.321 e. The summed E-state index contributed by atoms with van der Waals surface area (Å²) >= 11 is 0. The van der Waals surface area contributed by atoms with Crippen molar-refractivity contribution in [2.45, 2.75) is 0 Å². The summed E-state index contributed by atoms with van der Waals surface area (Å²) in [6.07, 6.45) is 0. The predicted octanol–water partition coefficient (Wildman–Crippen LogP) is 1.25. The topological polar surface area (TPSA) is 93.4 Å². The van der Waals surface area contributed by atoms with Crippen molar-refractivity contribution in [2.24, 2.45) is 5.92 Å². The monoisotopic (exact) mass is 263 g/mol. The molecule has 98 valence electrons. The Hall–Kier alpha value is -2.62. The lowest BCUT2D eigenvalue weighted by molar-refractivity contribution is -0.145. The Labute approximate surface area is 108 Å². The van der Waals surface area contributed by atoms with Crippen molar-refractivity contribution in [1.29, 1.82) is 5.26 Å². The molecule has 0 aromatic heterocycles. The van der Waals surface area contributed by atoms with E-state index in [-0.39, 0.29) is 24.3 Å². The molecule has 1 heterocycles. The van der Waals surface area contributed by atoms with E-state index >= 15 is 0 Å². The molecule has 0 atom stereocenters. The van der Waals surface area contributed by atoms with Crippen molar-refractivity contribution in [1.82, 2.24) is 4.90 Å². The molecule has 0 saturated carbocycles. The number of carboxylic acid groups (broad SMARTS) is 1. The van der Waals surface area contributed by atoms with Crippen LogP contribution in [0, 0.1) is 23.1 Å². The first-order valence-corrected chi connectivity index (χ1v) is 5.49. The quantitative estimate of drug-likeness (QED) is 0.839. The highest BCUT2D eigenvalue weighted by molar-refractivity contribution is 5.91. The van der Waals surface area contributed by atoms with Gasteiger partial charge in [0.25, 0.3) is 0 Å². The van der Waals surface area contributed by atoms with Crippen molar-refractivity contribution in [3.05, 3.63) is 29.6 Å². The first-order chi connectivity index (χ1) is 9.01. The normalized spacial score (nSPS) is 14.4. The maximum absolute atomic E-state index is 13.5. The molecule has 1 fully saturated rings. The number of nitrogens with one attached hydrogen (secondary N) is 1. The van der Waals surface area contributed by atoms with Gasteiger partial charge in [-0.15, -0.1) is 0 Å². The highest BCUT2D eigenvalue weighted by atomic mass is 19.1. The van der Waals surface area contributed by atoms with Crippen LogP contribution < -0.4 is 5.32 Å². The molecule has 1 aromatic carbocycles. The fourth-order valence-corrected chi connectivity index (χ4v) is 1.68. The summed E-state index contributed by atoms with van der Waals surface area (Å²) < 4.78 is 13.5. The van der Waals surface area contributed by atoms with Crippen LogP contribution in [0.2, 0.25) is 0 Å². The van der Waals surface area contributed by atoms with Crippen molar-refractivity contribution in [3.63, 3.8) is 0 Å². The van der Waals surface area contributed by atoms with Gasteiger partial charge in [0.15, 0.2) is 0 Å². The second-order valence-electron chi connectivity index (χ2n) is 4.18. The second kappa shape index (κ2) is 4.94. The zero-order valence-corrected chi connectivity index (χ0v) is 9.76. The Kier molecular flexibility index (Phi) is 3.33. The number of hydrogen-bond donors (Lipinski definition) is 2. The minimum Gasteiger partial charge on any atom is -0.481 e. The molecule has 1 saturated heterocycles. The molecule has 2 amide bonds. The summed E-state index contributed by atoms with van der Waals surface area (Å²) in [7, 11) is 0. The number of hydrogen-bond acceptors (Lipinski definition) is 3. The number of nitrogens with zero attached hydrogens (tertiary/aromatic N) is 2. The molecule has 1 aromatic rings. The van der Waals surface area contributed by atoms with Crippen LogP contribution in [-0.2, 0) is 4.79 Å². The molecule has 7 heteroatoms. The number of benzene rings is 1. The van der Waals surface area contributed by atoms with Crippen molar-refractivity contribution in [2.75, 3.05) is 18.4 Å². The molecule has 19 heavy (non-hydrogen) atoms. The fourth-order valence-electron chi connectivity index (χ4n) is 1.68. The molecular formula is C12H10FN3O3. The van der Waals surface area contributed by atoms with Crippen LogP contribution in [0.25, 0.3) is 0 Å². The third kappa shape index (κ3) is 2.63. The summed E-state index contributed by atoms with van der Waals surface area (Å²) in [5.74, 6) is -2.21. The molecule has 1 aliphatic heterocycles. The number of urea groups is 1. The Bertz CT molecular complexity index is 576. The van der Waals surface area contributed by atoms with Gasteiger partial charge in [-0.2, -0.15) is 5.26 Å². The smallest absolute Gasteiger partial charge is 0.321 e. The predicted molar refractivity (Wildman–Crippen MR) is 62.8 cm³/mol. The van der Waals surface area contributed by atoms with Crippen LogP contribution in [0.4, 0.5) is 14.9 Å². The van der Waals surface area contributed by atoms with Gasteiger partial charge in [0.1, 0.15) is 5.82 Å². The van der Waals surface area contributed by atoms with E-state index in [0.29, 0.717) is 0 Å². The molecule has 6 nitrogen and oxygen atoms in total. The lowest BCUT2D eigenvalue weighted by Gasteiger charge is -2.36. The molecule has 1 aliphatic rings. The van der Waals surface area contributed by atoms with Crippen molar-refractivity contribution >= 4 is 17.7 Å². The van der Waals surface area contributed by atoms with Crippen LogP contribution in [0.3, 0.4) is 0 Å². The van der Waals surface area contributed by atoms with Crippen LogP contribution in [-0.4, -0.2) is 35.1 Å². The Morgan fingerprint density at radius 3 is 2.68 bits per heavy atom. The number of halogens is 1. The van der Waals surface area contributed by atoms with E-state index in [1.54, 1.807) is 6.07 Å². The molecular weight excluding hydrogens is 253 g/mol. The van der Waals surface area contributed by atoms with E-state index in [1.807, 2.05) is 0 Å². The van der Waals surface area contributed by atoms with Gasteiger partial charge in [0.05, 0.1) is 23.2 Å². The Morgan fingerprint density at radius 2 is 2.16 bits per heavy atom. The average Bonchev–Trinajstić information content (AvgIpc) is 2.29. The van der Waals surface area contributed by atoms with Crippen LogP contribution in [0.15, 0.2) is 18.2 Å². The third-order valence-electron chi connectivity index (χ3n) is 2.86. The number of rotatable bonds is 2. The van der Waals surface area contributed by atoms with Gasteiger partial charge in [-0.25, -0.2) is 9.18 Å². The first kappa shape index (κ1) is 12.8. The largest absolute Gasteiger partial charge is 0.481 e. The number of amides is 2. The zero-order valence-electron chi connectivity index (χ0n) is 9.76. The summed E-state index contributed by atoms with van der Waals surface area (Å²) in [6, 6.07) is 4.92. The minimum absolute atomic E-state index is 0.0391. The molecule has 0 aliphatic carbocycles. The fraction of sp³-hybridized carbons (Fsp3) is 0.250. The van der Waals surface area contributed by atoms with Crippen LogP contribution >= 0.6 is 0 Å². The van der Waals surface area contributed by atoms with E-state index in [4.69, 9.17) is 10.4 Å². The number of carboxylic acids is 1. The van der Waals surface area contributed by atoms with E-state index in [0.717, 1.165) is 6.07 Å². The standard InChI is InChI=1S/C12H10FN3O3/c13-9-3-7(4-14)1-2-10(9)15-12(19)16-5-8(6-16)11(17)18/h1-3,8H,5-6H2,(H,15,19)(H,17,18). The summed E-state index contributed by atoms with van der Waals surface area (Å²) in [6.45, 7) is 0.220. The molecule has 2 rings (SSSR count). The van der Waals surface area contributed by atoms with E-state index < -0.39 is 23.7 Å². The number of carbonyl (C=O) groups excluding carboxylic acids is 1. The number of nitriles is 1. The van der Waals surface area contributed by atoms with E-state index in [9.17, 15) is 14.0 Å². The molecule has 0 bridgehead atoms. The lowest BCUT2D eigenvalue weighted by atomic mass is 10.0. The first-order valence-electron chi connectivity index (χ1n) is 5.49. The van der Waals surface area contributed by atoms with Gasteiger partial charge >= 0.3 is 12.0 Å². The van der Waals surface area contributed by atoms with Gasteiger partial charge in [-0.3, -0.25) is 4.79 Å². The molecule has 0 spiro atoms. The number of likely N-dealkylation sites (tertiary alicyclic amines) is 1. The summed E-state index contributed by atoms with van der Waals surface area (Å²) in [4.78, 5) is 23.5. The number of aliphatic carboxylic acids is 1. The van der Waals surface area contributed by atoms with Gasteiger partial charge in [0.2, 0.25) is 0 Å². The molecule has 0 unspecified atom stereocenters. The van der Waals surface area contributed by atoms with Crippen LogP contribution in [0.5, 0.6) is 0 Å². The van der Waals surface area contributed by atoms with Crippen molar-refractivity contribution < 1.29 is 19.1 Å². The van der Waals surface area contributed by atoms with Crippen LogP contribution in [0.1, 0.15) is 5.56 Å². The zero-order chi connectivity index (χ0) is 14.0. The lowest BCUT2D eigenvalue weighted by Crippen LogP contribution is -2.54. The summed E-state index contributed by atoms with van der Waals surface area (Å²) in [5, 5.41) is 19.6. The third-order valence-corrected chi connectivity index (χ3v) is 2.86. The molecule has 0 radical (unpaired) electrons. The van der Waals surface area contributed by atoms with Gasteiger partial charge in [-0.1, -0.05) is 0 Å². The SMILES string of the molecule is N#Cc1ccc(NC(=O)N2CC(C(=O)O)C2)c(F)c1. The Morgan fingerprint density at radius 1 is 1.47 bits per heavy atom. The number of anilines is 1. The minimum atomic E-state index is -0.950. The van der Waals surface area contributed by atoms with Gasteiger partial charge in [-0.05, 0) is 18.2 Å². The number of carbonyl (C=O) groups is 2. The van der Waals surface area contributed by atoms with Gasteiger partial charge in [0, 0.05) is 13.1 Å². The second-order valence-corrected chi connectivity index (χ2v) is 4.18. The maximum atomic E-state index is 13.5. The van der Waals surface area contributed by atoms with Gasteiger partial charge < -0.3 is 15.3 Å². The summed E-state index contributed by atoms with van der Waals surface area (Å²) in [5.41, 5.74) is 0.119. The van der Waals surface area contributed by atoms with Crippen molar-refractivity contribution in [3.8, 4) is 6.07 Å². The highest BCUT2D eigenvalue weighted by Gasteiger charge is 2.35.